The smallest absolute Gasteiger partial charge is 0.0600 e. The Balaban J connectivity index is 1.29. The van der Waals surface area contributed by atoms with Crippen molar-refractivity contribution in [2.75, 3.05) is 36.8 Å². The summed E-state index contributed by atoms with van der Waals surface area (Å²) in [6, 6.07) is 15.6. The minimum absolute atomic E-state index is 0.950. The van der Waals surface area contributed by atoms with E-state index in [1.807, 2.05) is 0 Å². The van der Waals surface area contributed by atoms with Gasteiger partial charge >= 0.3 is 0 Å². The number of fused-ring (bicyclic) bond motifs is 1. The van der Waals surface area contributed by atoms with E-state index in [2.05, 4.69) is 52.3 Å². The molecule has 0 aliphatic carbocycles. The fraction of sp³-hybridized carbons (Fsp3) is 0.455. The van der Waals surface area contributed by atoms with Crippen LogP contribution in [0.2, 0.25) is 0 Å². The number of hydrogen-bond acceptors (Lipinski definition) is 3. The number of nitrogens with two attached hydrogens (primary N) is 1. The summed E-state index contributed by atoms with van der Waals surface area (Å²) in [5.41, 5.74) is 12.9. The SMILES string of the molecule is Nc1cc(CCCN2CCc3ccccc3C2)ccc1N1CCCC1. The molecule has 4 rings (SSSR count). The first-order valence-electron chi connectivity index (χ1n) is 9.72. The summed E-state index contributed by atoms with van der Waals surface area (Å²) in [7, 11) is 0. The van der Waals surface area contributed by atoms with Crippen molar-refractivity contribution in [2.24, 2.45) is 0 Å². The molecule has 3 heteroatoms. The van der Waals surface area contributed by atoms with E-state index in [1.54, 1.807) is 0 Å². The Morgan fingerprint density at radius 1 is 0.920 bits per heavy atom. The van der Waals surface area contributed by atoms with E-state index in [0.717, 1.165) is 31.7 Å². The number of nitrogens with zero attached hydrogens (tertiary/aromatic N) is 2. The summed E-state index contributed by atoms with van der Waals surface area (Å²) >= 11 is 0. The molecule has 0 saturated carbocycles. The maximum Gasteiger partial charge on any atom is 0.0600 e. The van der Waals surface area contributed by atoms with Gasteiger partial charge in [-0.15, -0.1) is 0 Å². The molecule has 2 aromatic rings. The van der Waals surface area contributed by atoms with Crippen molar-refractivity contribution in [2.45, 2.75) is 38.6 Å². The van der Waals surface area contributed by atoms with Crippen LogP contribution in [0.15, 0.2) is 42.5 Å². The normalized spacial score (nSPS) is 17.7. The summed E-state index contributed by atoms with van der Waals surface area (Å²) in [5, 5.41) is 0. The third kappa shape index (κ3) is 3.82. The number of anilines is 2. The number of hydrogen-bond donors (Lipinski definition) is 1. The molecule has 1 saturated heterocycles. The van der Waals surface area contributed by atoms with Gasteiger partial charge in [0.15, 0.2) is 0 Å². The summed E-state index contributed by atoms with van der Waals surface area (Å²) < 4.78 is 0. The van der Waals surface area contributed by atoms with Crippen LogP contribution in [0.5, 0.6) is 0 Å². The highest BCUT2D eigenvalue weighted by molar-refractivity contribution is 5.68. The van der Waals surface area contributed by atoms with Gasteiger partial charge in [0.25, 0.3) is 0 Å². The molecule has 0 spiro atoms. The monoisotopic (exact) mass is 335 g/mol. The summed E-state index contributed by atoms with van der Waals surface area (Å²) in [6.45, 7) is 5.77. The first-order valence-corrected chi connectivity index (χ1v) is 9.72. The average molecular weight is 335 g/mol. The highest BCUT2D eigenvalue weighted by atomic mass is 15.2. The van der Waals surface area contributed by atoms with Crippen LogP contribution >= 0.6 is 0 Å². The summed E-state index contributed by atoms with van der Waals surface area (Å²) in [6.07, 6.45) is 6.08. The number of rotatable bonds is 5. The van der Waals surface area contributed by atoms with Crippen LogP contribution < -0.4 is 10.6 Å². The van der Waals surface area contributed by atoms with Crippen LogP contribution in [0.4, 0.5) is 11.4 Å². The predicted octanol–water partition coefficient (Wildman–Crippen LogP) is 3.86. The molecule has 0 aromatic heterocycles. The van der Waals surface area contributed by atoms with Crippen LogP contribution in [-0.2, 0) is 19.4 Å². The third-order valence-electron chi connectivity index (χ3n) is 5.69. The zero-order valence-electron chi connectivity index (χ0n) is 15.1. The van der Waals surface area contributed by atoms with Gasteiger partial charge in [-0.05, 0) is 67.5 Å². The number of aryl methyl sites for hydroxylation is 1. The van der Waals surface area contributed by atoms with Crippen molar-refractivity contribution in [1.29, 1.82) is 0 Å². The standard InChI is InChI=1S/C22H29N3/c23-21-16-18(9-10-22(21)25-13-3-4-14-25)6-5-12-24-15-11-19-7-1-2-8-20(19)17-24/h1-2,7-10,16H,3-6,11-15,17,23H2. The van der Waals surface area contributed by atoms with Crippen molar-refractivity contribution in [3.05, 3.63) is 59.2 Å². The third-order valence-corrected chi connectivity index (χ3v) is 5.69. The van der Waals surface area contributed by atoms with Crippen molar-refractivity contribution < 1.29 is 0 Å². The Kier molecular flexibility index (Phi) is 4.93. The van der Waals surface area contributed by atoms with E-state index in [9.17, 15) is 0 Å². The molecule has 2 aliphatic rings. The Morgan fingerprint density at radius 3 is 2.52 bits per heavy atom. The molecule has 0 atom stereocenters. The maximum absolute atomic E-state index is 6.32. The Morgan fingerprint density at radius 2 is 1.72 bits per heavy atom. The molecule has 132 valence electrons. The molecular formula is C22H29N3. The quantitative estimate of drug-likeness (QED) is 0.842. The van der Waals surface area contributed by atoms with Gasteiger partial charge in [0.05, 0.1) is 11.4 Å². The minimum Gasteiger partial charge on any atom is -0.397 e. The van der Waals surface area contributed by atoms with E-state index < -0.39 is 0 Å². The summed E-state index contributed by atoms with van der Waals surface area (Å²) in [5.74, 6) is 0. The minimum atomic E-state index is 0.950. The molecule has 0 amide bonds. The van der Waals surface area contributed by atoms with Gasteiger partial charge in [-0.2, -0.15) is 0 Å². The highest BCUT2D eigenvalue weighted by Gasteiger charge is 2.16. The molecule has 0 unspecified atom stereocenters. The van der Waals surface area contributed by atoms with Gasteiger partial charge in [-0.3, -0.25) is 4.90 Å². The second-order valence-corrected chi connectivity index (χ2v) is 7.49. The van der Waals surface area contributed by atoms with Gasteiger partial charge in [-0.1, -0.05) is 30.3 Å². The lowest BCUT2D eigenvalue weighted by atomic mass is 9.99. The van der Waals surface area contributed by atoms with E-state index in [-0.39, 0.29) is 0 Å². The molecule has 1 fully saturated rings. The van der Waals surface area contributed by atoms with Gasteiger partial charge in [-0.25, -0.2) is 0 Å². The van der Waals surface area contributed by atoms with E-state index in [4.69, 9.17) is 5.73 Å². The molecule has 2 heterocycles. The Bertz CT molecular complexity index is 719. The van der Waals surface area contributed by atoms with Crippen molar-refractivity contribution in [3.63, 3.8) is 0 Å². The van der Waals surface area contributed by atoms with E-state index in [0.29, 0.717) is 0 Å². The lowest BCUT2D eigenvalue weighted by molar-refractivity contribution is 0.251. The van der Waals surface area contributed by atoms with Crippen molar-refractivity contribution in [3.8, 4) is 0 Å². The fourth-order valence-corrected chi connectivity index (χ4v) is 4.26. The molecule has 25 heavy (non-hydrogen) atoms. The molecule has 2 aliphatic heterocycles. The molecule has 0 bridgehead atoms. The molecule has 0 radical (unpaired) electrons. The number of benzene rings is 2. The Labute approximate surface area is 151 Å². The zero-order valence-corrected chi connectivity index (χ0v) is 15.1. The van der Waals surface area contributed by atoms with E-state index >= 15 is 0 Å². The van der Waals surface area contributed by atoms with Crippen LogP contribution in [0, 0.1) is 0 Å². The van der Waals surface area contributed by atoms with Gasteiger partial charge in [0.2, 0.25) is 0 Å². The summed E-state index contributed by atoms with van der Waals surface area (Å²) in [4.78, 5) is 5.01. The van der Waals surface area contributed by atoms with Gasteiger partial charge < -0.3 is 10.6 Å². The highest BCUT2D eigenvalue weighted by Crippen LogP contribution is 2.28. The van der Waals surface area contributed by atoms with Gasteiger partial charge in [0, 0.05) is 26.2 Å². The molecular weight excluding hydrogens is 306 g/mol. The molecule has 2 N–H and O–H groups in total. The largest absolute Gasteiger partial charge is 0.397 e. The average Bonchev–Trinajstić information content (AvgIpc) is 3.16. The topological polar surface area (TPSA) is 32.5 Å². The van der Waals surface area contributed by atoms with Crippen LogP contribution in [0.3, 0.4) is 0 Å². The second-order valence-electron chi connectivity index (χ2n) is 7.49. The Hall–Kier alpha value is -2.00. The second kappa shape index (κ2) is 7.49. The first-order chi connectivity index (χ1) is 12.3. The first kappa shape index (κ1) is 16.5. The maximum atomic E-state index is 6.32. The van der Waals surface area contributed by atoms with Crippen LogP contribution in [-0.4, -0.2) is 31.1 Å². The molecule has 3 nitrogen and oxygen atoms in total. The van der Waals surface area contributed by atoms with Crippen molar-refractivity contribution >= 4 is 11.4 Å². The van der Waals surface area contributed by atoms with Crippen LogP contribution in [0.1, 0.15) is 36.0 Å². The zero-order chi connectivity index (χ0) is 17.1. The lowest BCUT2D eigenvalue weighted by Crippen LogP contribution is -2.31. The fourth-order valence-electron chi connectivity index (χ4n) is 4.26. The van der Waals surface area contributed by atoms with Crippen LogP contribution in [0.25, 0.3) is 0 Å². The van der Waals surface area contributed by atoms with Gasteiger partial charge in [0.1, 0.15) is 0 Å². The van der Waals surface area contributed by atoms with E-state index in [1.165, 1.54) is 61.2 Å². The number of nitrogen functional groups attached to an aromatic ring is 1. The van der Waals surface area contributed by atoms with Crippen molar-refractivity contribution in [1.82, 2.24) is 4.90 Å². The molecule has 2 aromatic carbocycles. The predicted molar refractivity (Wildman–Crippen MR) is 106 cm³/mol. The lowest BCUT2D eigenvalue weighted by Gasteiger charge is -2.28.